The number of benzene rings is 2. The highest BCUT2D eigenvalue weighted by Crippen LogP contribution is 2.34. The van der Waals surface area contributed by atoms with E-state index in [1.807, 2.05) is 12.1 Å². The van der Waals surface area contributed by atoms with Gasteiger partial charge in [-0.25, -0.2) is 0 Å². The average Bonchev–Trinajstić information content (AvgIpc) is 2.76. The maximum absolute atomic E-state index is 6.11. The minimum Gasteiger partial charge on any atom is -0.455 e. The molecule has 0 radical (unpaired) electrons. The Balaban J connectivity index is 1.99. The summed E-state index contributed by atoms with van der Waals surface area (Å²) in [5.74, 6) is 0.466. The van der Waals surface area contributed by atoms with Crippen LogP contribution in [-0.4, -0.2) is 0 Å². The third-order valence-electron chi connectivity index (χ3n) is 3.99. The molecule has 1 aliphatic carbocycles. The van der Waals surface area contributed by atoms with Gasteiger partial charge in [-0.2, -0.15) is 0 Å². The Hall–Kier alpha value is -2.54. The summed E-state index contributed by atoms with van der Waals surface area (Å²) in [5, 5.41) is 2.36. The van der Waals surface area contributed by atoms with Crippen LogP contribution >= 0.6 is 0 Å². The molecule has 0 saturated carbocycles. The summed E-state index contributed by atoms with van der Waals surface area (Å²) in [6, 6.07) is 14.6. The molecule has 1 aliphatic rings. The summed E-state index contributed by atoms with van der Waals surface area (Å²) in [6.07, 6.45) is 10.9. The van der Waals surface area contributed by atoms with Crippen LogP contribution in [0.25, 0.3) is 27.5 Å². The number of fused-ring (bicyclic) bond motifs is 3. The highest BCUT2D eigenvalue weighted by atomic mass is 16.3. The molecule has 1 heterocycles. The van der Waals surface area contributed by atoms with Crippen molar-refractivity contribution in [2.45, 2.75) is 6.92 Å². The van der Waals surface area contributed by atoms with E-state index in [-0.39, 0.29) is 0 Å². The van der Waals surface area contributed by atoms with Gasteiger partial charge in [-0.1, -0.05) is 73.7 Å². The van der Waals surface area contributed by atoms with E-state index in [0.717, 1.165) is 16.7 Å². The highest BCUT2D eigenvalue weighted by Gasteiger charge is 2.12. The maximum atomic E-state index is 6.11. The van der Waals surface area contributed by atoms with Crippen molar-refractivity contribution in [1.82, 2.24) is 0 Å². The van der Waals surface area contributed by atoms with Gasteiger partial charge in [0.05, 0.1) is 0 Å². The molecule has 4 rings (SSSR count). The van der Waals surface area contributed by atoms with Gasteiger partial charge in [0.15, 0.2) is 0 Å². The van der Waals surface area contributed by atoms with Gasteiger partial charge >= 0.3 is 0 Å². The molecule has 0 bridgehead atoms. The van der Waals surface area contributed by atoms with Crippen LogP contribution in [0.4, 0.5) is 0 Å². The van der Waals surface area contributed by atoms with E-state index in [1.165, 1.54) is 16.3 Å². The summed E-state index contributed by atoms with van der Waals surface area (Å²) >= 11 is 0. The van der Waals surface area contributed by atoms with Gasteiger partial charge in [-0.3, -0.25) is 0 Å². The van der Waals surface area contributed by atoms with Crippen molar-refractivity contribution in [3.05, 3.63) is 78.4 Å². The lowest BCUT2D eigenvalue weighted by molar-refractivity contribution is 0.668. The third-order valence-corrected chi connectivity index (χ3v) is 3.99. The van der Waals surface area contributed by atoms with Crippen LogP contribution in [0.15, 0.2) is 77.3 Å². The van der Waals surface area contributed by atoms with E-state index in [4.69, 9.17) is 4.42 Å². The van der Waals surface area contributed by atoms with Gasteiger partial charge in [0.25, 0.3) is 0 Å². The summed E-state index contributed by atoms with van der Waals surface area (Å²) in [5.41, 5.74) is 4.26. The van der Waals surface area contributed by atoms with E-state index < -0.39 is 0 Å². The molecule has 1 nitrogen and oxygen atoms in total. The van der Waals surface area contributed by atoms with Gasteiger partial charge in [0.2, 0.25) is 0 Å². The van der Waals surface area contributed by atoms with Gasteiger partial charge in [-0.05, 0) is 17.6 Å². The fraction of sp³-hybridized carbons (Fsp3) is 0.100. The lowest BCUT2D eigenvalue weighted by Gasteiger charge is -2.02. The minimum atomic E-state index is 0.466. The molecule has 1 atom stereocenters. The van der Waals surface area contributed by atoms with Crippen LogP contribution in [0.3, 0.4) is 0 Å². The van der Waals surface area contributed by atoms with Crippen molar-refractivity contribution in [2.24, 2.45) is 5.92 Å². The molecule has 102 valence electrons. The Labute approximate surface area is 123 Å². The van der Waals surface area contributed by atoms with Crippen LogP contribution in [0.5, 0.6) is 0 Å². The van der Waals surface area contributed by atoms with Crippen molar-refractivity contribution in [1.29, 1.82) is 0 Å². The van der Waals surface area contributed by atoms with E-state index in [9.17, 15) is 0 Å². The van der Waals surface area contributed by atoms with Gasteiger partial charge in [0, 0.05) is 16.3 Å². The van der Waals surface area contributed by atoms with Gasteiger partial charge in [-0.15, -0.1) is 0 Å². The van der Waals surface area contributed by atoms with Crippen LogP contribution in [-0.2, 0) is 0 Å². The molecule has 1 heteroatoms. The number of para-hydroxylation sites is 2. The monoisotopic (exact) mass is 272 g/mol. The summed E-state index contributed by atoms with van der Waals surface area (Å²) < 4.78 is 6.11. The summed E-state index contributed by atoms with van der Waals surface area (Å²) in [4.78, 5) is 0. The van der Waals surface area contributed by atoms with Crippen LogP contribution < -0.4 is 0 Å². The Kier molecular flexibility index (Phi) is 2.78. The Morgan fingerprint density at radius 1 is 0.905 bits per heavy atom. The van der Waals surface area contributed by atoms with Crippen molar-refractivity contribution in [3.63, 3.8) is 0 Å². The summed E-state index contributed by atoms with van der Waals surface area (Å²) in [7, 11) is 0. The molecule has 0 fully saturated rings. The van der Waals surface area contributed by atoms with E-state index in [1.54, 1.807) is 0 Å². The van der Waals surface area contributed by atoms with Gasteiger partial charge in [0.1, 0.15) is 11.2 Å². The quantitative estimate of drug-likeness (QED) is 0.551. The molecular formula is C20H16O. The molecule has 3 aromatic rings. The zero-order chi connectivity index (χ0) is 14.2. The highest BCUT2D eigenvalue weighted by molar-refractivity contribution is 6.08. The first-order chi connectivity index (χ1) is 10.3. The standard InChI is InChI=1S/C20H16O/c1-14-6-4-7-15(13-12-14)16-9-5-10-18-17-8-2-3-11-19(17)21-20(16)18/h2-14H,1H3/t14-/m0/s1. The number of allylic oxidation sites excluding steroid dienone is 6. The molecule has 0 aliphatic heterocycles. The minimum absolute atomic E-state index is 0.466. The first-order valence-corrected chi connectivity index (χ1v) is 7.30. The molecule has 0 saturated heterocycles. The van der Waals surface area contributed by atoms with E-state index in [2.05, 4.69) is 67.6 Å². The SMILES string of the molecule is C[C@H]1C=CC=C(c2cccc3c2oc2ccccc23)C=C1. The largest absolute Gasteiger partial charge is 0.455 e. The van der Waals surface area contributed by atoms with Crippen molar-refractivity contribution < 1.29 is 4.42 Å². The molecule has 0 amide bonds. The van der Waals surface area contributed by atoms with Gasteiger partial charge < -0.3 is 4.42 Å². The molecule has 1 aromatic heterocycles. The molecule has 0 spiro atoms. The molecule has 0 N–H and O–H groups in total. The predicted octanol–water partition coefficient (Wildman–Crippen LogP) is 5.73. The second kappa shape index (κ2) is 4.78. The predicted molar refractivity (Wildman–Crippen MR) is 89.1 cm³/mol. The lowest BCUT2D eigenvalue weighted by atomic mass is 10.0. The Morgan fingerprint density at radius 3 is 2.71 bits per heavy atom. The smallest absolute Gasteiger partial charge is 0.143 e. The third kappa shape index (κ3) is 2.02. The van der Waals surface area contributed by atoms with E-state index >= 15 is 0 Å². The van der Waals surface area contributed by atoms with Crippen molar-refractivity contribution in [3.8, 4) is 0 Å². The Bertz CT molecular complexity index is 906. The fourth-order valence-corrected chi connectivity index (χ4v) is 2.86. The zero-order valence-corrected chi connectivity index (χ0v) is 11.9. The number of rotatable bonds is 1. The molecule has 0 unspecified atom stereocenters. The fourth-order valence-electron chi connectivity index (χ4n) is 2.86. The van der Waals surface area contributed by atoms with Crippen molar-refractivity contribution in [2.75, 3.05) is 0 Å². The normalized spacial score (nSPS) is 18.1. The second-order valence-electron chi connectivity index (χ2n) is 5.51. The summed E-state index contributed by atoms with van der Waals surface area (Å²) in [6.45, 7) is 2.19. The van der Waals surface area contributed by atoms with Crippen LogP contribution in [0.1, 0.15) is 12.5 Å². The van der Waals surface area contributed by atoms with E-state index in [0.29, 0.717) is 5.92 Å². The first-order valence-electron chi connectivity index (χ1n) is 7.30. The Morgan fingerprint density at radius 2 is 1.76 bits per heavy atom. The topological polar surface area (TPSA) is 13.1 Å². The molecule has 21 heavy (non-hydrogen) atoms. The zero-order valence-electron chi connectivity index (χ0n) is 11.9. The maximum Gasteiger partial charge on any atom is 0.143 e. The average molecular weight is 272 g/mol. The number of hydrogen-bond donors (Lipinski definition) is 0. The molecular weight excluding hydrogens is 256 g/mol. The number of furan rings is 1. The first kappa shape index (κ1) is 12.2. The number of hydrogen-bond acceptors (Lipinski definition) is 1. The lowest BCUT2D eigenvalue weighted by Crippen LogP contribution is -1.82. The van der Waals surface area contributed by atoms with Crippen LogP contribution in [0.2, 0.25) is 0 Å². The second-order valence-corrected chi connectivity index (χ2v) is 5.51. The van der Waals surface area contributed by atoms with Crippen LogP contribution in [0, 0.1) is 5.92 Å². The van der Waals surface area contributed by atoms with Crippen molar-refractivity contribution >= 4 is 27.5 Å². The molecule has 2 aromatic carbocycles.